The minimum absolute atomic E-state index is 0.0891. The van der Waals surface area contributed by atoms with Crippen LogP contribution >= 0.6 is 0 Å². The van der Waals surface area contributed by atoms with Crippen LogP contribution in [0.2, 0.25) is 0 Å². The first kappa shape index (κ1) is 19.7. The largest absolute Gasteiger partial charge is 0.573 e. The van der Waals surface area contributed by atoms with E-state index in [4.69, 9.17) is 5.73 Å². The topological polar surface area (TPSA) is 71.7 Å². The van der Waals surface area contributed by atoms with E-state index in [2.05, 4.69) is 20.4 Å². The van der Waals surface area contributed by atoms with Gasteiger partial charge in [-0.2, -0.15) is 0 Å². The van der Waals surface area contributed by atoms with E-state index in [0.29, 0.717) is 23.7 Å². The molecular formula is C19H25F3N4O. The SMILES string of the molecule is NC1(CC2CCNCC2)C=CNC(=NCc2ccccc2OC(F)(F)F)C1. The van der Waals surface area contributed by atoms with Gasteiger partial charge in [-0.25, -0.2) is 0 Å². The average molecular weight is 382 g/mol. The average Bonchev–Trinajstić information content (AvgIpc) is 2.60. The molecule has 2 aliphatic heterocycles. The summed E-state index contributed by atoms with van der Waals surface area (Å²) in [4.78, 5) is 4.45. The number of benzene rings is 1. The lowest BCUT2D eigenvalue weighted by molar-refractivity contribution is -0.274. The number of amidine groups is 1. The number of alkyl halides is 3. The van der Waals surface area contributed by atoms with Crippen LogP contribution in [0.4, 0.5) is 13.2 Å². The first-order valence-corrected chi connectivity index (χ1v) is 9.14. The van der Waals surface area contributed by atoms with Crippen LogP contribution in [0.3, 0.4) is 0 Å². The molecule has 27 heavy (non-hydrogen) atoms. The van der Waals surface area contributed by atoms with E-state index in [9.17, 15) is 13.2 Å². The molecule has 4 N–H and O–H groups in total. The van der Waals surface area contributed by atoms with Crippen LogP contribution in [0.15, 0.2) is 41.5 Å². The van der Waals surface area contributed by atoms with Crippen molar-refractivity contribution in [3.05, 3.63) is 42.1 Å². The molecule has 2 aliphatic rings. The number of ether oxygens (including phenoxy) is 1. The number of nitrogens with two attached hydrogens (primary N) is 1. The minimum Gasteiger partial charge on any atom is -0.405 e. The van der Waals surface area contributed by atoms with Gasteiger partial charge in [-0.3, -0.25) is 4.99 Å². The summed E-state index contributed by atoms with van der Waals surface area (Å²) in [6, 6.07) is 6.04. The Labute approximate surface area is 156 Å². The minimum atomic E-state index is -4.73. The lowest BCUT2D eigenvalue weighted by Crippen LogP contribution is -2.48. The summed E-state index contributed by atoms with van der Waals surface area (Å²) in [5.74, 6) is 1.02. The maximum absolute atomic E-state index is 12.5. The second-order valence-corrected chi connectivity index (χ2v) is 7.20. The Balaban J connectivity index is 1.65. The summed E-state index contributed by atoms with van der Waals surface area (Å²) in [5.41, 5.74) is 6.46. The number of nitrogens with one attached hydrogen (secondary N) is 2. The third-order valence-electron chi connectivity index (χ3n) is 4.93. The quantitative estimate of drug-likeness (QED) is 0.732. The zero-order valence-corrected chi connectivity index (χ0v) is 15.1. The van der Waals surface area contributed by atoms with E-state index in [1.807, 2.05) is 6.08 Å². The molecule has 0 radical (unpaired) electrons. The van der Waals surface area contributed by atoms with Crippen molar-refractivity contribution in [1.82, 2.24) is 10.6 Å². The van der Waals surface area contributed by atoms with Crippen LogP contribution < -0.4 is 21.1 Å². The fourth-order valence-electron chi connectivity index (χ4n) is 3.63. The van der Waals surface area contributed by atoms with Crippen LogP contribution in [0.25, 0.3) is 0 Å². The molecule has 0 bridgehead atoms. The van der Waals surface area contributed by atoms with Crippen LogP contribution in [-0.2, 0) is 6.54 Å². The van der Waals surface area contributed by atoms with Crippen LogP contribution in [0.1, 0.15) is 31.2 Å². The Hall–Kier alpha value is -2.06. The Morgan fingerprint density at radius 2 is 1.96 bits per heavy atom. The molecule has 1 aromatic rings. The number of rotatable bonds is 5. The van der Waals surface area contributed by atoms with Crippen molar-refractivity contribution in [3.63, 3.8) is 0 Å². The highest BCUT2D eigenvalue weighted by molar-refractivity contribution is 5.85. The van der Waals surface area contributed by atoms with E-state index in [1.165, 1.54) is 12.1 Å². The van der Waals surface area contributed by atoms with E-state index < -0.39 is 11.9 Å². The molecule has 1 fully saturated rings. The molecule has 0 aliphatic carbocycles. The summed E-state index contributed by atoms with van der Waals surface area (Å²) < 4.78 is 41.7. The first-order valence-electron chi connectivity index (χ1n) is 9.14. The van der Waals surface area contributed by atoms with Gasteiger partial charge in [0.15, 0.2) is 0 Å². The third-order valence-corrected chi connectivity index (χ3v) is 4.93. The standard InChI is InChI=1S/C19H25F3N4O/c20-19(21,22)27-16-4-2-1-3-15(16)13-26-17-12-18(23,7-10-25-17)11-14-5-8-24-9-6-14/h1-4,7,10,14,24H,5-6,8-9,11-13,23H2,(H,25,26). The Bertz CT molecular complexity index is 698. The Morgan fingerprint density at radius 3 is 2.70 bits per heavy atom. The molecule has 1 saturated heterocycles. The van der Waals surface area contributed by atoms with Gasteiger partial charge in [0.05, 0.1) is 6.54 Å². The van der Waals surface area contributed by atoms with Crippen molar-refractivity contribution in [3.8, 4) is 5.75 Å². The summed E-state index contributed by atoms with van der Waals surface area (Å²) in [5, 5.41) is 6.41. The first-order chi connectivity index (χ1) is 12.8. The second kappa shape index (κ2) is 8.31. The lowest BCUT2D eigenvalue weighted by Gasteiger charge is -2.35. The van der Waals surface area contributed by atoms with Gasteiger partial charge in [0.2, 0.25) is 0 Å². The fourth-order valence-corrected chi connectivity index (χ4v) is 3.63. The summed E-state index contributed by atoms with van der Waals surface area (Å²) in [7, 11) is 0. The highest BCUT2D eigenvalue weighted by Gasteiger charge is 2.32. The number of hydrogen-bond donors (Lipinski definition) is 3. The zero-order valence-electron chi connectivity index (χ0n) is 15.1. The summed E-state index contributed by atoms with van der Waals surface area (Å²) >= 11 is 0. The normalized spacial score (nSPS) is 25.4. The Kier molecular flexibility index (Phi) is 6.06. The van der Waals surface area contributed by atoms with Gasteiger partial charge >= 0.3 is 6.36 Å². The molecule has 0 amide bonds. The van der Waals surface area contributed by atoms with Gasteiger partial charge < -0.3 is 21.1 Å². The molecule has 0 spiro atoms. The molecule has 2 heterocycles. The van der Waals surface area contributed by atoms with Crippen LogP contribution in [0, 0.1) is 5.92 Å². The number of nitrogens with zero attached hydrogens (tertiary/aromatic N) is 1. The molecule has 0 saturated carbocycles. The number of piperidine rings is 1. The molecule has 1 unspecified atom stereocenters. The highest BCUT2D eigenvalue weighted by Crippen LogP contribution is 2.29. The van der Waals surface area contributed by atoms with Gasteiger partial charge in [0, 0.05) is 17.5 Å². The molecule has 0 aromatic heterocycles. The number of halogens is 3. The number of hydrogen-bond acceptors (Lipinski definition) is 4. The van der Waals surface area contributed by atoms with Crippen molar-refractivity contribution in [2.24, 2.45) is 16.6 Å². The highest BCUT2D eigenvalue weighted by atomic mass is 19.4. The van der Waals surface area contributed by atoms with Crippen molar-refractivity contribution < 1.29 is 17.9 Å². The predicted molar refractivity (Wildman–Crippen MR) is 98.3 cm³/mol. The third kappa shape index (κ3) is 5.97. The Morgan fingerprint density at radius 1 is 1.22 bits per heavy atom. The molecule has 3 rings (SSSR count). The number of aliphatic imine (C=N–C) groups is 1. The molecule has 8 heteroatoms. The van der Waals surface area contributed by atoms with E-state index in [0.717, 1.165) is 32.4 Å². The molecule has 5 nitrogen and oxygen atoms in total. The maximum Gasteiger partial charge on any atom is 0.573 e. The van der Waals surface area contributed by atoms with E-state index in [-0.39, 0.29) is 12.3 Å². The molecule has 148 valence electrons. The maximum atomic E-state index is 12.5. The van der Waals surface area contributed by atoms with Crippen molar-refractivity contribution in [2.75, 3.05) is 13.1 Å². The van der Waals surface area contributed by atoms with Gasteiger partial charge in [0.25, 0.3) is 0 Å². The fraction of sp³-hybridized carbons (Fsp3) is 0.526. The van der Waals surface area contributed by atoms with Crippen molar-refractivity contribution in [2.45, 2.75) is 44.1 Å². The van der Waals surface area contributed by atoms with E-state index in [1.54, 1.807) is 18.3 Å². The van der Waals surface area contributed by atoms with E-state index >= 15 is 0 Å². The zero-order chi connectivity index (χ0) is 19.3. The van der Waals surface area contributed by atoms with Crippen molar-refractivity contribution in [1.29, 1.82) is 0 Å². The summed E-state index contributed by atoms with van der Waals surface area (Å²) in [6.07, 6.45) is 2.64. The second-order valence-electron chi connectivity index (χ2n) is 7.20. The monoisotopic (exact) mass is 382 g/mol. The number of para-hydroxylation sites is 1. The van der Waals surface area contributed by atoms with Gasteiger partial charge in [0.1, 0.15) is 11.6 Å². The molecule has 1 atom stereocenters. The van der Waals surface area contributed by atoms with Gasteiger partial charge in [-0.1, -0.05) is 18.2 Å². The van der Waals surface area contributed by atoms with Crippen LogP contribution in [0.5, 0.6) is 5.75 Å². The van der Waals surface area contributed by atoms with Crippen LogP contribution in [-0.4, -0.2) is 30.8 Å². The molecule has 1 aromatic carbocycles. The predicted octanol–water partition coefficient (Wildman–Crippen LogP) is 3.08. The molecular weight excluding hydrogens is 357 g/mol. The smallest absolute Gasteiger partial charge is 0.405 e. The van der Waals surface area contributed by atoms with Gasteiger partial charge in [-0.05, 0) is 56.6 Å². The summed E-state index contributed by atoms with van der Waals surface area (Å²) in [6.45, 7) is 2.12. The van der Waals surface area contributed by atoms with Crippen molar-refractivity contribution >= 4 is 5.84 Å². The van der Waals surface area contributed by atoms with Gasteiger partial charge in [-0.15, -0.1) is 13.2 Å². The lowest BCUT2D eigenvalue weighted by atomic mass is 9.80.